The highest BCUT2D eigenvalue weighted by molar-refractivity contribution is 6.39. The average molecular weight is 374 g/mol. The molecule has 2 rings (SSSR count). The maximum absolute atomic E-state index is 11.9. The van der Waals surface area contributed by atoms with Crippen molar-refractivity contribution in [3.8, 4) is 0 Å². The molecule has 2 aromatic carbocycles. The van der Waals surface area contributed by atoms with Crippen molar-refractivity contribution in [1.29, 1.82) is 0 Å². The maximum Gasteiger partial charge on any atom is 0.340 e. The van der Waals surface area contributed by atoms with Crippen molar-refractivity contribution in [2.75, 3.05) is 17.7 Å². The van der Waals surface area contributed by atoms with Gasteiger partial charge in [0.1, 0.15) is 0 Å². The number of anilines is 2. The number of ether oxygens (including phenoxy) is 1. The molecular weight excluding hydrogens is 363 g/mol. The minimum atomic E-state index is -0.737. The second-order valence-electron chi connectivity index (χ2n) is 4.45. The van der Waals surface area contributed by atoms with Crippen LogP contribution >= 0.6 is 34.8 Å². The summed E-state index contributed by atoms with van der Waals surface area (Å²) in [5.41, 5.74) is 6.21. The molecule has 120 valence electrons. The van der Waals surface area contributed by atoms with Crippen LogP contribution in [0, 0.1) is 0 Å². The first-order valence-electron chi connectivity index (χ1n) is 6.34. The third-order valence-corrected chi connectivity index (χ3v) is 3.66. The van der Waals surface area contributed by atoms with Gasteiger partial charge in [-0.05, 0) is 30.3 Å². The zero-order valence-electron chi connectivity index (χ0n) is 11.6. The number of esters is 1. The van der Waals surface area contributed by atoms with E-state index in [9.17, 15) is 9.59 Å². The summed E-state index contributed by atoms with van der Waals surface area (Å²) in [4.78, 5) is 23.7. The van der Waals surface area contributed by atoms with Gasteiger partial charge in [-0.15, -0.1) is 0 Å². The lowest BCUT2D eigenvalue weighted by molar-refractivity contribution is -0.119. The Hall–Kier alpha value is -1.95. The summed E-state index contributed by atoms with van der Waals surface area (Å²) in [6.45, 7) is -0.511. The van der Waals surface area contributed by atoms with Crippen molar-refractivity contribution in [3.05, 3.63) is 57.0 Å². The first kappa shape index (κ1) is 17.4. The predicted octanol–water partition coefficient (Wildman–Crippen LogP) is 4.02. The number of nitrogens with one attached hydrogen (secondary N) is 1. The van der Waals surface area contributed by atoms with Crippen LogP contribution in [0.15, 0.2) is 36.4 Å². The molecule has 1 amide bonds. The third-order valence-electron chi connectivity index (χ3n) is 2.80. The molecule has 5 nitrogen and oxygen atoms in total. The van der Waals surface area contributed by atoms with E-state index >= 15 is 0 Å². The summed E-state index contributed by atoms with van der Waals surface area (Å²) in [7, 11) is 0. The number of nitrogen functional groups attached to an aromatic ring is 1. The number of benzene rings is 2. The smallest absolute Gasteiger partial charge is 0.340 e. The molecule has 0 bridgehead atoms. The lowest BCUT2D eigenvalue weighted by Gasteiger charge is -2.10. The molecule has 2 aromatic rings. The summed E-state index contributed by atoms with van der Waals surface area (Å²) >= 11 is 17.6. The lowest BCUT2D eigenvalue weighted by atomic mass is 10.2. The Morgan fingerprint density at radius 1 is 1.09 bits per heavy atom. The first-order valence-corrected chi connectivity index (χ1v) is 7.48. The summed E-state index contributed by atoms with van der Waals surface area (Å²) in [5, 5.41) is 3.42. The minimum absolute atomic E-state index is 0.123. The number of rotatable bonds is 4. The average Bonchev–Trinajstić information content (AvgIpc) is 2.49. The maximum atomic E-state index is 11.9. The molecule has 0 aliphatic rings. The van der Waals surface area contributed by atoms with Crippen LogP contribution in [0.5, 0.6) is 0 Å². The van der Waals surface area contributed by atoms with Gasteiger partial charge in [-0.3, -0.25) is 4.79 Å². The van der Waals surface area contributed by atoms with E-state index in [1.807, 2.05) is 0 Å². The number of carbonyl (C=O) groups excluding carboxylic acids is 2. The second-order valence-corrected chi connectivity index (χ2v) is 5.70. The van der Waals surface area contributed by atoms with Crippen LogP contribution in [0.25, 0.3) is 0 Å². The van der Waals surface area contributed by atoms with E-state index in [0.717, 1.165) is 0 Å². The Kier molecular flexibility index (Phi) is 5.71. The van der Waals surface area contributed by atoms with Crippen LogP contribution in [0.2, 0.25) is 15.1 Å². The Bertz CT molecular complexity index is 745. The third kappa shape index (κ3) is 4.51. The van der Waals surface area contributed by atoms with Gasteiger partial charge in [0, 0.05) is 10.7 Å². The molecule has 0 unspecified atom stereocenters. The summed E-state index contributed by atoms with van der Waals surface area (Å²) < 4.78 is 4.90. The van der Waals surface area contributed by atoms with Gasteiger partial charge in [0.2, 0.25) is 0 Å². The Labute approximate surface area is 147 Å². The summed E-state index contributed by atoms with van der Waals surface area (Å²) in [6.07, 6.45) is 0. The quantitative estimate of drug-likeness (QED) is 0.626. The van der Waals surface area contributed by atoms with Crippen LogP contribution in [0.4, 0.5) is 11.4 Å². The van der Waals surface area contributed by atoms with Gasteiger partial charge in [-0.1, -0.05) is 40.9 Å². The lowest BCUT2D eigenvalue weighted by Crippen LogP contribution is -2.21. The van der Waals surface area contributed by atoms with Gasteiger partial charge < -0.3 is 15.8 Å². The molecular formula is C15H11Cl3N2O3. The fourth-order valence-electron chi connectivity index (χ4n) is 1.72. The van der Waals surface area contributed by atoms with Crippen LogP contribution < -0.4 is 11.1 Å². The van der Waals surface area contributed by atoms with Crippen LogP contribution in [-0.2, 0) is 9.53 Å². The van der Waals surface area contributed by atoms with Crippen LogP contribution in [-0.4, -0.2) is 18.5 Å². The fourth-order valence-corrected chi connectivity index (χ4v) is 2.39. The van der Waals surface area contributed by atoms with Crippen LogP contribution in [0.3, 0.4) is 0 Å². The minimum Gasteiger partial charge on any atom is -0.452 e. The number of carbonyl (C=O) groups is 2. The highest BCUT2D eigenvalue weighted by Crippen LogP contribution is 2.29. The number of hydrogen-bond acceptors (Lipinski definition) is 4. The summed E-state index contributed by atoms with van der Waals surface area (Å²) in [5.74, 6) is -1.32. The monoisotopic (exact) mass is 372 g/mol. The molecule has 0 heterocycles. The zero-order valence-corrected chi connectivity index (χ0v) is 13.9. The van der Waals surface area contributed by atoms with Crippen molar-refractivity contribution >= 4 is 58.1 Å². The second kappa shape index (κ2) is 7.55. The van der Waals surface area contributed by atoms with Crippen molar-refractivity contribution in [3.63, 3.8) is 0 Å². The normalized spacial score (nSPS) is 10.2. The molecule has 0 aliphatic heterocycles. The summed E-state index contributed by atoms with van der Waals surface area (Å²) in [6, 6.07) is 9.12. The van der Waals surface area contributed by atoms with Crippen molar-refractivity contribution < 1.29 is 14.3 Å². The highest BCUT2D eigenvalue weighted by Gasteiger charge is 2.15. The molecule has 0 aromatic heterocycles. The van der Waals surface area contributed by atoms with E-state index in [-0.39, 0.29) is 27.0 Å². The largest absolute Gasteiger partial charge is 0.452 e. The first-order chi connectivity index (χ1) is 10.9. The van der Waals surface area contributed by atoms with Gasteiger partial charge in [-0.2, -0.15) is 0 Å². The molecule has 0 saturated heterocycles. The van der Waals surface area contributed by atoms with Gasteiger partial charge in [0.25, 0.3) is 5.91 Å². The van der Waals surface area contributed by atoms with Crippen molar-refractivity contribution in [1.82, 2.24) is 0 Å². The molecule has 0 atom stereocenters. The van der Waals surface area contributed by atoms with E-state index in [0.29, 0.717) is 5.02 Å². The highest BCUT2D eigenvalue weighted by atomic mass is 35.5. The predicted molar refractivity (Wildman–Crippen MR) is 91.2 cm³/mol. The van der Waals surface area contributed by atoms with Gasteiger partial charge in [0.05, 0.1) is 21.3 Å². The van der Waals surface area contributed by atoms with E-state index in [4.69, 9.17) is 45.3 Å². The molecule has 8 heteroatoms. The number of para-hydroxylation sites is 1. The van der Waals surface area contributed by atoms with Gasteiger partial charge in [0.15, 0.2) is 6.61 Å². The molecule has 0 radical (unpaired) electrons. The Balaban J connectivity index is 1.98. The fraction of sp³-hybridized carbons (Fsp3) is 0.0667. The van der Waals surface area contributed by atoms with E-state index < -0.39 is 18.5 Å². The molecule has 0 aliphatic carbocycles. The molecule has 0 fully saturated rings. The molecule has 0 spiro atoms. The van der Waals surface area contributed by atoms with Gasteiger partial charge >= 0.3 is 5.97 Å². The molecule has 23 heavy (non-hydrogen) atoms. The topological polar surface area (TPSA) is 81.4 Å². The van der Waals surface area contributed by atoms with E-state index in [1.165, 1.54) is 18.2 Å². The van der Waals surface area contributed by atoms with Crippen molar-refractivity contribution in [2.24, 2.45) is 0 Å². The van der Waals surface area contributed by atoms with Crippen LogP contribution in [0.1, 0.15) is 10.4 Å². The Morgan fingerprint density at radius 3 is 2.35 bits per heavy atom. The van der Waals surface area contributed by atoms with Gasteiger partial charge in [-0.25, -0.2) is 4.79 Å². The number of hydrogen-bond donors (Lipinski definition) is 2. The van der Waals surface area contributed by atoms with E-state index in [2.05, 4.69) is 5.32 Å². The van der Waals surface area contributed by atoms with Crippen molar-refractivity contribution in [2.45, 2.75) is 0 Å². The standard InChI is InChI=1S/C15H11Cl3N2O3/c16-8-4-5-9(12(19)6-8)15(22)23-7-13(21)20-14-10(17)2-1-3-11(14)18/h1-6H,7,19H2,(H,20,21). The SMILES string of the molecule is Nc1cc(Cl)ccc1C(=O)OCC(=O)Nc1c(Cl)cccc1Cl. The van der Waals surface area contributed by atoms with E-state index in [1.54, 1.807) is 18.2 Å². The molecule has 0 saturated carbocycles. The number of halogens is 3. The number of amides is 1. The number of nitrogens with two attached hydrogens (primary N) is 1. The zero-order chi connectivity index (χ0) is 17.0. The Morgan fingerprint density at radius 2 is 1.74 bits per heavy atom. The molecule has 3 N–H and O–H groups in total.